The zero-order valence-electron chi connectivity index (χ0n) is 10.4. The van der Waals surface area contributed by atoms with Crippen molar-refractivity contribution in [2.24, 2.45) is 0 Å². The maximum absolute atomic E-state index is 6.55. The lowest BCUT2D eigenvalue weighted by Gasteiger charge is -2.21. The average Bonchev–Trinajstić information content (AvgIpc) is 2.46. The zero-order chi connectivity index (χ0) is 14.1. The Balaban J connectivity index is 2.01. The van der Waals surface area contributed by atoms with Crippen molar-refractivity contribution in [3.8, 4) is 11.5 Å². The first kappa shape index (κ1) is 14.1. The van der Waals surface area contributed by atoms with Gasteiger partial charge in [0.2, 0.25) is 0 Å². The van der Waals surface area contributed by atoms with Crippen LogP contribution in [0.15, 0.2) is 40.9 Å². The van der Waals surface area contributed by atoms with E-state index in [-0.39, 0.29) is 5.38 Å². The summed E-state index contributed by atoms with van der Waals surface area (Å²) in [4.78, 5) is 0. The highest BCUT2D eigenvalue weighted by molar-refractivity contribution is 9.10. The molecule has 3 rings (SSSR count). The lowest BCUT2D eigenvalue weighted by atomic mass is 10.0. The summed E-state index contributed by atoms with van der Waals surface area (Å²) in [6, 6.07) is 11.5. The van der Waals surface area contributed by atoms with Crippen molar-refractivity contribution in [2.75, 3.05) is 13.2 Å². The molecule has 1 heterocycles. The van der Waals surface area contributed by atoms with E-state index < -0.39 is 0 Å². The third-order valence-corrected chi connectivity index (χ3v) is 4.38. The van der Waals surface area contributed by atoms with E-state index in [1.807, 2.05) is 30.3 Å². The third kappa shape index (κ3) is 2.76. The topological polar surface area (TPSA) is 18.5 Å². The summed E-state index contributed by atoms with van der Waals surface area (Å²) >= 11 is 16.3. The molecule has 20 heavy (non-hydrogen) atoms. The van der Waals surface area contributed by atoms with Gasteiger partial charge in [-0.3, -0.25) is 0 Å². The number of halogens is 3. The Morgan fingerprint density at radius 2 is 1.75 bits per heavy atom. The summed E-state index contributed by atoms with van der Waals surface area (Å²) in [6.07, 6.45) is 0. The van der Waals surface area contributed by atoms with Gasteiger partial charge in [0, 0.05) is 15.6 Å². The van der Waals surface area contributed by atoms with Crippen LogP contribution in [-0.2, 0) is 0 Å². The maximum atomic E-state index is 6.55. The van der Waals surface area contributed by atoms with Gasteiger partial charge in [0.05, 0.1) is 5.38 Å². The standard InChI is InChI=1S/C15H11BrCl2O2/c16-10-3-1-2-9(6-10)15(18)11-7-13-14(8-12(11)17)20-5-4-19-13/h1-3,6-8,15H,4-5H2. The van der Waals surface area contributed by atoms with E-state index in [0.29, 0.717) is 29.7 Å². The van der Waals surface area contributed by atoms with Crippen LogP contribution in [-0.4, -0.2) is 13.2 Å². The van der Waals surface area contributed by atoms with Crippen molar-refractivity contribution >= 4 is 39.1 Å². The summed E-state index contributed by atoms with van der Waals surface area (Å²) < 4.78 is 12.1. The van der Waals surface area contributed by atoms with Gasteiger partial charge >= 0.3 is 0 Å². The Kier molecular flexibility index (Phi) is 4.11. The highest BCUT2D eigenvalue weighted by Crippen LogP contribution is 2.41. The number of hydrogen-bond donors (Lipinski definition) is 0. The minimum Gasteiger partial charge on any atom is -0.486 e. The number of fused-ring (bicyclic) bond motifs is 1. The molecule has 0 aromatic heterocycles. The number of alkyl halides is 1. The molecule has 1 atom stereocenters. The molecule has 2 aromatic carbocycles. The van der Waals surface area contributed by atoms with E-state index in [1.165, 1.54) is 0 Å². The molecule has 0 fully saturated rings. The SMILES string of the molecule is Clc1cc2c(cc1C(Cl)c1cccc(Br)c1)OCCO2. The number of hydrogen-bond acceptors (Lipinski definition) is 2. The first-order valence-corrected chi connectivity index (χ1v) is 7.74. The molecule has 2 aromatic rings. The molecule has 0 spiro atoms. The lowest BCUT2D eigenvalue weighted by molar-refractivity contribution is 0.171. The van der Waals surface area contributed by atoms with Crippen molar-refractivity contribution in [1.82, 2.24) is 0 Å². The zero-order valence-corrected chi connectivity index (χ0v) is 13.5. The molecular weight excluding hydrogens is 363 g/mol. The molecule has 0 aliphatic carbocycles. The van der Waals surface area contributed by atoms with E-state index in [1.54, 1.807) is 6.07 Å². The van der Waals surface area contributed by atoms with Crippen LogP contribution in [0, 0.1) is 0 Å². The summed E-state index contributed by atoms with van der Waals surface area (Å²) in [7, 11) is 0. The predicted octanol–water partition coefficient (Wildman–Crippen LogP) is 5.20. The summed E-state index contributed by atoms with van der Waals surface area (Å²) in [5.74, 6) is 1.36. The number of ether oxygens (including phenoxy) is 2. The summed E-state index contributed by atoms with van der Waals surface area (Å²) in [6.45, 7) is 1.08. The number of benzene rings is 2. The minimum atomic E-state index is -0.337. The molecule has 0 saturated heterocycles. The van der Waals surface area contributed by atoms with Gasteiger partial charge in [-0.15, -0.1) is 11.6 Å². The van der Waals surface area contributed by atoms with Gasteiger partial charge in [0.25, 0.3) is 0 Å². The van der Waals surface area contributed by atoms with Crippen LogP contribution < -0.4 is 9.47 Å². The molecule has 104 valence electrons. The van der Waals surface area contributed by atoms with Crippen LogP contribution in [0.3, 0.4) is 0 Å². The smallest absolute Gasteiger partial charge is 0.162 e. The quantitative estimate of drug-likeness (QED) is 0.673. The molecule has 0 amide bonds. The molecule has 5 heteroatoms. The molecule has 0 bridgehead atoms. The van der Waals surface area contributed by atoms with E-state index in [9.17, 15) is 0 Å². The Labute approximate surface area is 135 Å². The van der Waals surface area contributed by atoms with Gasteiger partial charge < -0.3 is 9.47 Å². The molecule has 0 radical (unpaired) electrons. The van der Waals surface area contributed by atoms with Gasteiger partial charge in [0.1, 0.15) is 13.2 Å². The van der Waals surface area contributed by atoms with Crippen molar-refractivity contribution in [3.63, 3.8) is 0 Å². The minimum absolute atomic E-state index is 0.337. The Morgan fingerprint density at radius 3 is 2.45 bits per heavy atom. The van der Waals surface area contributed by atoms with Crippen LogP contribution in [0.2, 0.25) is 5.02 Å². The van der Waals surface area contributed by atoms with Crippen LogP contribution in [0.1, 0.15) is 16.5 Å². The largest absolute Gasteiger partial charge is 0.486 e. The van der Waals surface area contributed by atoms with E-state index in [4.69, 9.17) is 32.7 Å². The fourth-order valence-corrected chi connectivity index (χ4v) is 3.17. The van der Waals surface area contributed by atoms with E-state index in [2.05, 4.69) is 15.9 Å². The van der Waals surface area contributed by atoms with Crippen LogP contribution >= 0.6 is 39.1 Å². The lowest BCUT2D eigenvalue weighted by Crippen LogP contribution is -2.15. The van der Waals surface area contributed by atoms with Crippen LogP contribution in [0.25, 0.3) is 0 Å². The molecule has 1 aliphatic heterocycles. The van der Waals surface area contributed by atoms with E-state index >= 15 is 0 Å². The van der Waals surface area contributed by atoms with Crippen molar-refractivity contribution < 1.29 is 9.47 Å². The first-order valence-electron chi connectivity index (χ1n) is 6.14. The Bertz CT molecular complexity index is 646. The third-order valence-electron chi connectivity index (χ3n) is 3.08. The van der Waals surface area contributed by atoms with Gasteiger partial charge in [-0.25, -0.2) is 0 Å². The van der Waals surface area contributed by atoms with Gasteiger partial charge in [-0.1, -0.05) is 39.7 Å². The van der Waals surface area contributed by atoms with E-state index in [0.717, 1.165) is 15.6 Å². The fraction of sp³-hybridized carbons (Fsp3) is 0.200. The molecule has 0 saturated carbocycles. The van der Waals surface area contributed by atoms with Crippen LogP contribution in [0.4, 0.5) is 0 Å². The van der Waals surface area contributed by atoms with Gasteiger partial charge in [-0.05, 0) is 29.3 Å². The highest BCUT2D eigenvalue weighted by Gasteiger charge is 2.20. The monoisotopic (exact) mass is 372 g/mol. The summed E-state index contributed by atoms with van der Waals surface area (Å²) in [5, 5.41) is 0.241. The predicted molar refractivity (Wildman–Crippen MR) is 84.3 cm³/mol. The number of rotatable bonds is 2. The maximum Gasteiger partial charge on any atom is 0.162 e. The second-order valence-corrected chi connectivity index (χ2v) is 6.19. The van der Waals surface area contributed by atoms with Crippen molar-refractivity contribution in [2.45, 2.75) is 5.38 Å². The second kappa shape index (κ2) is 5.84. The Hall–Kier alpha value is -0.900. The molecule has 1 unspecified atom stereocenters. The highest BCUT2D eigenvalue weighted by atomic mass is 79.9. The van der Waals surface area contributed by atoms with Gasteiger partial charge in [-0.2, -0.15) is 0 Å². The fourth-order valence-electron chi connectivity index (χ4n) is 2.12. The normalized spacial score (nSPS) is 14.9. The van der Waals surface area contributed by atoms with Gasteiger partial charge in [0.15, 0.2) is 11.5 Å². The van der Waals surface area contributed by atoms with Crippen LogP contribution in [0.5, 0.6) is 11.5 Å². The Morgan fingerprint density at radius 1 is 1.05 bits per heavy atom. The molecule has 2 nitrogen and oxygen atoms in total. The summed E-state index contributed by atoms with van der Waals surface area (Å²) in [5.41, 5.74) is 1.79. The van der Waals surface area contributed by atoms with Crippen molar-refractivity contribution in [1.29, 1.82) is 0 Å². The first-order chi connectivity index (χ1) is 9.65. The average molecular weight is 374 g/mol. The molecule has 1 aliphatic rings. The second-order valence-electron chi connectivity index (χ2n) is 4.43. The van der Waals surface area contributed by atoms with Crippen molar-refractivity contribution in [3.05, 3.63) is 57.0 Å². The molecular formula is C15H11BrCl2O2. The molecule has 0 N–H and O–H groups in total.